The van der Waals surface area contributed by atoms with Gasteiger partial charge in [0, 0.05) is 61.5 Å². The van der Waals surface area contributed by atoms with Crippen molar-refractivity contribution in [1.82, 2.24) is 15.5 Å². The number of nitrogens with zero attached hydrogens (tertiary/aromatic N) is 3. The van der Waals surface area contributed by atoms with E-state index in [0.717, 1.165) is 26.9 Å². The summed E-state index contributed by atoms with van der Waals surface area (Å²) in [6.45, 7) is 3.18. The van der Waals surface area contributed by atoms with Crippen LogP contribution < -0.4 is 26.0 Å². The second kappa shape index (κ2) is 20.7. The molecule has 312 valence electrons. The van der Waals surface area contributed by atoms with Crippen LogP contribution >= 0.6 is 0 Å². The Balaban J connectivity index is 0.973. The molecule has 61 heavy (non-hydrogen) atoms. The summed E-state index contributed by atoms with van der Waals surface area (Å²) in [5.41, 5.74) is 4.45. The molecule has 2 heterocycles. The van der Waals surface area contributed by atoms with Crippen molar-refractivity contribution in [3.8, 4) is 22.3 Å². The molecule has 0 unspecified atom stereocenters. The molecule has 0 bridgehead atoms. The first-order chi connectivity index (χ1) is 29.8. The SMILES string of the molecule is O=C(CCN1CCC(OC(=O)N(c2ccccc2-c2ccccc2)N(C(=O)O)c2ccccc2-c2ccccc2)CC1)Nc1cccc(C(=O)NCCNCc2ccco2)c1. The van der Waals surface area contributed by atoms with Gasteiger partial charge in [-0.1, -0.05) is 103 Å². The zero-order valence-corrected chi connectivity index (χ0v) is 33.6. The molecule has 1 aromatic heterocycles. The number of likely N-dealkylation sites (tertiary alicyclic amines) is 1. The summed E-state index contributed by atoms with van der Waals surface area (Å²) >= 11 is 0. The Morgan fingerprint density at radius 2 is 1.33 bits per heavy atom. The molecule has 0 saturated carbocycles. The number of anilines is 3. The van der Waals surface area contributed by atoms with Crippen molar-refractivity contribution in [2.45, 2.75) is 31.9 Å². The van der Waals surface area contributed by atoms with Gasteiger partial charge in [0.25, 0.3) is 5.91 Å². The molecular weight excluding hydrogens is 773 g/mol. The van der Waals surface area contributed by atoms with Gasteiger partial charge in [0.1, 0.15) is 11.9 Å². The Labute approximate surface area is 354 Å². The molecule has 1 saturated heterocycles. The zero-order chi connectivity index (χ0) is 42.4. The van der Waals surface area contributed by atoms with Crippen molar-refractivity contribution >= 4 is 41.1 Å². The number of para-hydroxylation sites is 2. The number of hydrogen-bond acceptors (Lipinski definition) is 8. The highest BCUT2D eigenvalue weighted by atomic mass is 16.6. The van der Waals surface area contributed by atoms with E-state index in [-0.39, 0.29) is 23.9 Å². The predicted octanol–water partition coefficient (Wildman–Crippen LogP) is 8.67. The number of hydrazine groups is 1. The maximum Gasteiger partial charge on any atom is 0.434 e. The summed E-state index contributed by atoms with van der Waals surface area (Å²) in [5.74, 6) is 0.388. The largest absolute Gasteiger partial charge is 0.468 e. The fourth-order valence-electron chi connectivity index (χ4n) is 7.28. The minimum absolute atomic E-state index is 0.189. The van der Waals surface area contributed by atoms with Crippen LogP contribution in [-0.4, -0.2) is 72.8 Å². The summed E-state index contributed by atoms with van der Waals surface area (Å²) in [6, 6.07) is 43.7. The summed E-state index contributed by atoms with van der Waals surface area (Å²) in [7, 11) is 0. The average Bonchev–Trinajstić information content (AvgIpc) is 3.82. The number of furan rings is 1. The molecule has 0 aliphatic carbocycles. The smallest absolute Gasteiger partial charge is 0.434 e. The van der Waals surface area contributed by atoms with Crippen molar-refractivity contribution < 1.29 is 33.4 Å². The number of amides is 4. The third-order valence-electron chi connectivity index (χ3n) is 10.3. The highest BCUT2D eigenvalue weighted by Crippen LogP contribution is 2.38. The number of carboxylic acid groups (broad SMARTS) is 1. The molecule has 1 aliphatic rings. The molecular formula is C48H48N6O7. The van der Waals surface area contributed by atoms with Gasteiger partial charge in [0.2, 0.25) is 5.91 Å². The number of carbonyl (C=O) groups excluding carboxylic acids is 3. The average molecular weight is 821 g/mol. The van der Waals surface area contributed by atoms with Crippen LogP contribution in [0.3, 0.4) is 0 Å². The van der Waals surface area contributed by atoms with E-state index in [9.17, 15) is 24.3 Å². The fraction of sp³-hybridized carbons (Fsp3) is 0.208. The lowest BCUT2D eigenvalue weighted by molar-refractivity contribution is -0.116. The van der Waals surface area contributed by atoms with Gasteiger partial charge in [-0.3, -0.25) is 9.59 Å². The molecule has 5 aromatic carbocycles. The van der Waals surface area contributed by atoms with Crippen molar-refractivity contribution in [3.05, 3.63) is 163 Å². The Morgan fingerprint density at radius 3 is 1.95 bits per heavy atom. The minimum Gasteiger partial charge on any atom is -0.468 e. The summed E-state index contributed by atoms with van der Waals surface area (Å²) in [6.07, 6.45) is 0.131. The third kappa shape index (κ3) is 11.1. The maximum atomic E-state index is 14.5. The lowest BCUT2D eigenvalue weighted by Crippen LogP contribution is -2.52. The van der Waals surface area contributed by atoms with Gasteiger partial charge in [-0.05, 0) is 66.4 Å². The fourth-order valence-corrected chi connectivity index (χ4v) is 7.28. The monoisotopic (exact) mass is 820 g/mol. The first-order valence-corrected chi connectivity index (χ1v) is 20.3. The van der Waals surface area contributed by atoms with E-state index in [0.29, 0.717) is 80.2 Å². The number of hydrogen-bond donors (Lipinski definition) is 4. The lowest BCUT2D eigenvalue weighted by Gasteiger charge is -2.36. The van der Waals surface area contributed by atoms with Crippen molar-refractivity contribution in [2.75, 3.05) is 48.1 Å². The lowest BCUT2D eigenvalue weighted by atomic mass is 10.0. The van der Waals surface area contributed by atoms with Crippen molar-refractivity contribution in [3.63, 3.8) is 0 Å². The van der Waals surface area contributed by atoms with Crippen LogP contribution in [0.5, 0.6) is 0 Å². The predicted molar refractivity (Wildman–Crippen MR) is 235 cm³/mol. The van der Waals surface area contributed by atoms with E-state index in [1.165, 1.54) is 0 Å². The molecule has 6 aromatic rings. The Hall–Kier alpha value is -7.22. The van der Waals surface area contributed by atoms with Crippen molar-refractivity contribution in [1.29, 1.82) is 0 Å². The van der Waals surface area contributed by atoms with Crippen LogP contribution in [0.4, 0.5) is 26.7 Å². The van der Waals surface area contributed by atoms with E-state index in [4.69, 9.17) is 9.15 Å². The maximum absolute atomic E-state index is 14.5. The summed E-state index contributed by atoms with van der Waals surface area (Å²) < 4.78 is 11.5. The van der Waals surface area contributed by atoms with Crippen LogP contribution in [0.1, 0.15) is 35.4 Å². The minimum atomic E-state index is -1.36. The standard InChI is InChI=1S/C48H48N6O7/c55-45(51-38-18-11-17-37(33-38)46(56)50-28-27-49-34-40-19-12-32-60-40)26-31-52-29-24-39(25-30-52)61-48(59)54(44-23-10-8-21-42(44)36-15-5-2-6-16-36)53(47(57)58)43-22-9-7-20-41(43)35-13-3-1-4-14-35/h1-23,32-33,39,49H,24-31,34H2,(H,50,56)(H,51,55)(H,57,58). The second-order valence-electron chi connectivity index (χ2n) is 14.5. The van der Waals surface area contributed by atoms with Gasteiger partial charge in [0.15, 0.2) is 0 Å². The van der Waals surface area contributed by atoms with E-state index in [1.54, 1.807) is 54.8 Å². The van der Waals surface area contributed by atoms with Crippen LogP contribution in [0.2, 0.25) is 0 Å². The Bertz CT molecular complexity index is 2380. The van der Waals surface area contributed by atoms with Crippen LogP contribution in [0.25, 0.3) is 22.3 Å². The molecule has 0 atom stereocenters. The first kappa shape index (κ1) is 41.9. The highest BCUT2D eigenvalue weighted by Gasteiger charge is 2.36. The number of carbonyl (C=O) groups is 4. The molecule has 13 heteroatoms. The zero-order valence-electron chi connectivity index (χ0n) is 33.6. The number of nitrogens with one attached hydrogen (secondary N) is 3. The van der Waals surface area contributed by atoms with Crippen LogP contribution in [0, 0.1) is 0 Å². The van der Waals surface area contributed by atoms with E-state index in [1.807, 2.05) is 97.1 Å². The second-order valence-corrected chi connectivity index (χ2v) is 14.5. The Morgan fingerprint density at radius 1 is 0.705 bits per heavy atom. The first-order valence-electron chi connectivity index (χ1n) is 20.3. The Kier molecular flexibility index (Phi) is 14.2. The number of rotatable bonds is 15. The van der Waals surface area contributed by atoms with Gasteiger partial charge in [-0.15, -0.1) is 0 Å². The molecule has 0 spiro atoms. The number of benzene rings is 5. The summed E-state index contributed by atoms with van der Waals surface area (Å²) in [4.78, 5) is 55.8. The molecule has 1 fully saturated rings. The van der Waals surface area contributed by atoms with Crippen LogP contribution in [0.15, 0.2) is 156 Å². The van der Waals surface area contributed by atoms with E-state index in [2.05, 4.69) is 20.9 Å². The van der Waals surface area contributed by atoms with Crippen molar-refractivity contribution in [2.24, 2.45) is 0 Å². The van der Waals surface area contributed by atoms with Gasteiger partial charge in [0.05, 0.1) is 24.2 Å². The molecule has 0 radical (unpaired) electrons. The quantitative estimate of drug-likeness (QED) is 0.0588. The molecule has 7 rings (SSSR count). The van der Waals surface area contributed by atoms with Crippen LogP contribution in [-0.2, 0) is 16.1 Å². The van der Waals surface area contributed by atoms with E-state index < -0.39 is 18.3 Å². The molecule has 4 amide bonds. The number of ether oxygens (including phenoxy) is 1. The van der Waals surface area contributed by atoms with E-state index >= 15 is 0 Å². The molecule has 13 nitrogen and oxygen atoms in total. The molecule has 4 N–H and O–H groups in total. The summed E-state index contributed by atoms with van der Waals surface area (Å²) in [5, 5.41) is 22.0. The van der Waals surface area contributed by atoms with Gasteiger partial charge in [-0.2, -0.15) is 10.0 Å². The third-order valence-corrected chi connectivity index (χ3v) is 10.3. The highest BCUT2D eigenvalue weighted by molar-refractivity contribution is 6.06. The number of piperidine rings is 1. The van der Waals surface area contributed by atoms with Gasteiger partial charge >= 0.3 is 12.2 Å². The normalized spacial score (nSPS) is 12.9. The van der Waals surface area contributed by atoms with Gasteiger partial charge in [-0.25, -0.2) is 9.59 Å². The topological polar surface area (TPSA) is 157 Å². The molecule has 1 aliphatic heterocycles. The van der Waals surface area contributed by atoms with Gasteiger partial charge < -0.3 is 35.1 Å².